The van der Waals surface area contributed by atoms with Crippen LogP contribution < -0.4 is 5.32 Å². The van der Waals surface area contributed by atoms with Crippen LogP contribution in [0.25, 0.3) is 11.1 Å². The number of rotatable bonds is 2. The van der Waals surface area contributed by atoms with Crippen molar-refractivity contribution in [2.75, 3.05) is 5.32 Å². The fourth-order valence-corrected chi connectivity index (χ4v) is 1.88. The Bertz CT molecular complexity index is 830. The summed E-state index contributed by atoms with van der Waals surface area (Å²) >= 11 is 0. The molecular formula is C15H9N3O2. The molecule has 5 nitrogen and oxygen atoms in total. The van der Waals surface area contributed by atoms with E-state index in [0.717, 1.165) is 0 Å². The first-order valence-electron chi connectivity index (χ1n) is 5.91. The number of para-hydroxylation sites is 1. The number of fused-ring (bicyclic) bond motifs is 1. The number of oxazole rings is 1. The lowest BCUT2D eigenvalue weighted by molar-refractivity contribution is 0.102. The second-order valence-corrected chi connectivity index (χ2v) is 4.15. The first-order valence-corrected chi connectivity index (χ1v) is 5.91. The van der Waals surface area contributed by atoms with Crippen molar-refractivity contribution in [2.24, 2.45) is 0 Å². The second kappa shape index (κ2) is 4.86. The molecule has 1 heterocycles. The maximum atomic E-state index is 12.2. The van der Waals surface area contributed by atoms with Crippen molar-refractivity contribution < 1.29 is 9.21 Å². The van der Waals surface area contributed by atoms with Crippen molar-refractivity contribution in [1.29, 1.82) is 5.26 Å². The summed E-state index contributed by atoms with van der Waals surface area (Å²) in [5, 5.41) is 11.7. The minimum Gasteiger partial charge on any atom is -0.443 e. The summed E-state index contributed by atoms with van der Waals surface area (Å²) in [6, 6.07) is 13.9. The predicted molar refractivity (Wildman–Crippen MR) is 73.1 cm³/mol. The van der Waals surface area contributed by atoms with Gasteiger partial charge in [-0.3, -0.25) is 4.79 Å². The topological polar surface area (TPSA) is 78.9 Å². The molecule has 0 spiro atoms. The Morgan fingerprint density at radius 3 is 2.95 bits per heavy atom. The van der Waals surface area contributed by atoms with Crippen LogP contribution in [0.3, 0.4) is 0 Å². The van der Waals surface area contributed by atoms with Crippen LogP contribution in [0.2, 0.25) is 0 Å². The summed E-state index contributed by atoms with van der Waals surface area (Å²) in [6.45, 7) is 0. The minimum atomic E-state index is -0.294. The van der Waals surface area contributed by atoms with Gasteiger partial charge in [-0.05, 0) is 30.3 Å². The summed E-state index contributed by atoms with van der Waals surface area (Å²) in [7, 11) is 0. The Labute approximate surface area is 114 Å². The van der Waals surface area contributed by atoms with Gasteiger partial charge in [-0.15, -0.1) is 0 Å². The van der Waals surface area contributed by atoms with E-state index in [-0.39, 0.29) is 5.91 Å². The number of aromatic nitrogens is 1. The number of hydrogen-bond donors (Lipinski definition) is 1. The molecule has 1 N–H and O–H groups in total. The molecule has 0 saturated heterocycles. The molecule has 0 atom stereocenters. The fraction of sp³-hybridized carbons (Fsp3) is 0. The molecule has 3 rings (SSSR count). The molecule has 2 aromatic carbocycles. The normalized spacial score (nSPS) is 10.2. The molecule has 1 aromatic heterocycles. The smallest absolute Gasteiger partial charge is 0.255 e. The lowest BCUT2D eigenvalue weighted by atomic mass is 10.1. The lowest BCUT2D eigenvalue weighted by Gasteiger charge is -2.06. The molecule has 0 unspecified atom stereocenters. The highest BCUT2D eigenvalue weighted by molar-refractivity contribution is 6.06. The highest BCUT2D eigenvalue weighted by atomic mass is 16.3. The summed E-state index contributed by atoms with van der Waals surface area (Å²) < 4.78 is 5.12. The number of benzene rings is 2. The van der Waals surface area contributed by atoms with Gasteiger partial charge >= 0.3 is 0 Å². The van der Waals surface area contributed by atoms with E-state index in [2.05, 4.69) is 10.3 Å². The molecule has 0 fully saturated rings. The van der Waals surface area contributed by atoms with E-state index in [1.54, 1.807) is 42.5 Å². The van der Waals surface area contributed by atoms with Crippen molar-refractivity contribution >= 4 is 22.7 Å². The van der Waals surface area contributed by atoms with Crippen LogP contribution in [-0.4, -0.2) is 10.9 Å². The molecule has 0 bridgehead atoms. The summed E-state index contributed by atoms with van der Waals surface area (Å²) in [5.74, 6) is -0.294. The second-order valence-electron chi connectivity index (χ2n) is 4.15. The molecule has 0 aliphatic rings. The number of carbonyl (C=O) groups excluding carboxylic acids is 1. The highest BCUT2D eigenvalue weighted by Gasteiger charge is 2.10. The maximum Gasteiger partial charge on any atom is 0.255 e. The van der Waals surface area contributed by atoms with Crippen molar-refractivity contribution in [3.63, 3.8) is 0 Å². The minimum absolute atomic E-state index is 0.294. The highest BCUT2D eigenvalue weighted by Crippen LogP contribution is 2.17. The average molecular weight is 263 g/mol. The third-order valence-electron chi connectivity index (χ3n) is 2.89. The Morgan fingerprint density at radius 2 is 2.10 bits per heavy atom. The van der Waals surface area contributed by atoms with Gasteiger partial charge in [-0.25, -0.2) is 4.98 Å². The summed E-state index contributed by atoms with van der Waals surface area (Å²) in [5.41, 5.74) is 2.60. The molecule has 1 amide bonds. The molecule has 0 radical (unpaired) electrons. The number of nitrogens with zero attached hydrogens (tertiary/aromatic N) is 2. The third kappa shape index (κ3) is 2.10. The van der Waals surface area contributed by atoms with Crippen molar-refractivity contribution in [3.05, 3.63) is 60.0 Å². The van der Waals surface area contributed by atoms with E-state index in [9.17, 15) is 4.79 Å². The van der Waals surface area contributed by atoms with Crippen LogP contribution in [0.15, 0.2) is 53.3 Å². The Balaban J connectivity index is 1.91. The standard InChI is InChI=1S/C15H9N3O2/c16-8-11-3-1-2-4-12(11)18-15(19)10-5-6-14-13(7-10)17-9-20-14/h1-7,9H,(H,18,19). The predicted octanol–water partition coefficient (Wildman–Crippen LogP) is 2.95. The number of anilines is 1. The number of carbonyl (C=O) groups is 1. The molecule has 3 aromatic rings. The molecule has 0 aliphatic carbocycles. The van der Waals surface area contributed by atoms with Crippen LogP contribution in [-0.2, 0) is 0 Å². The fourth-order valence-electron chi connectivity index (χ4n) is 1.88. The maximum absolute atomic E-state index is 12.2. The zero-order valence-electron chi connectivity index (χ0n) is 10.3. The first kappa shape index (κ1) is 11.9. The van der Waals surface area contributed by atoms with Crippen LogP contribution in [0.4, 0.5) is 5.69 Å². The first-order chi connectivity index (χ1) is 9.78. The number of hydrogen-bond acceptors (Lipinski definition) is 4. The van der Waals surface area contributed by atoms with Crippen molar-refractivity contribution in [2.45, 2.75) is 0 Å². The van der Waals surface area contributed by atoms with Gasteiger partial charge in [0.25, 0.3) is 5.91 Å². The van der Waals surface area contributed by atoms with E-state index >= 15 is 0 Å². The Kier molecular flexibility index (Phi) is 2.90. The van der Waals surface area contributed by atoms with Crippen LogP contribution in [0, 0.1) is 11.3 Å². The number of nitrogens with one attached hydrogen (secondary N) is 1. The van der Waals surface area contributed by atoms with E-state index in [1.807, 2.05) is 6.07 Å². The van der Waals surface area contributed by atoms with Gasteiger partial charge < -0.3 is 9.73 Å². The van der Waals surface area contributed by atoms with Gasteiger partial charge in [0, 0.05) is 5.56 Å². The quantitative estimate of drug-likeness (QED) is 0.770. The summed E-state index contributed by atoms with van der Waals surface area (Å²) in [4.78, 5) is 16.2. The van der Waals surface area contributed by atoms with Gasteiger partial charge in [0.1, 0.15) is 11.6 Å². The molecule has 0 aliphatic heterocycles. The van der Waals surface area contributed by atoms with Crippen molar-refractivity contribution in [1.82, 2.24) is 4.98 Å². The Morgan fingerprint density at radius 1 is 1.25 bits per heavy atom. The van der Waals surface area contributed by atoms with Crippen LogP contribution >= 0.6 is 0 Å². The third-order valence-corrected chi connectivity index (χ3v) is 2.89. The number of nitriles is 1. The van der Waals surface area contributed by atoms with E-state index < -0.39 is 0 Å². The SMILES string of the molecule is N#Cc1ccccc1NC(=O)c1ccc2ocnc2c1. The largest absolute Gasteiger partial charge is 0.443 e. The van der Waals surface area contributed by atoms with Crippen LogP contribution in [0.1, 0.15) is 15.9 Å². The lowest BCUT2D eigenvalue weighted by Crippen LogP contribution is -2.12. The van der Waals surface area contributed by atoms with Gasteiger partial charge in [0.15, 0.2) is 12.0 Å². The van der Waals surface area contributed by atoms with Gasteiger partial charge in [-0.1, -0.05) is 12.1 Å². The van der Waals surface area contributed by atoms with Gasteiger partial charge in [-0.2, -0.15) is 5.26 Å². The van der Waals surface area contributed by atoms with Crippen LogP contribution in [0.5, 0.6) is 0 Å². The molecule has 0 saturated carbocycles. The monoisotopic (exact) mass is 263 g/mol. The van der Waals surface area contributed by atoms with Gasteiger partial charge in [0.2, 0.25) is 0 Å². The average Bonchev–Trinajstić information content (AvgIpc) is 2.95. The molecule has 96 valence electrons. The van der Waals surface area contributed by atoms with Crippen molar-refractivity contribution in [3.8, 4) is 6.07 Å². The zero-order chi connectivity index (χ0) is 13.9. The van der Waals surface area contributed by atoms with Gasteiger partial charge in [0.05, 0.1) is 11.3 Å². The molecular weight excluding hydrogens is 254 g/mol. The Hall–Kier alpha value is -3.13. The number of amides is 1. The molecule has 20 heavy (non-hydrogen) atoms. The van der Waals surface area contributed by atoms with E-state index in [0.29, 0.717) is 27.9 Å². The summed E-state index contributed by atoms with van der Waals surface area (Å²) in [6.07, 6.45) is 1.33. The molecule has 5 heteroatoms. The van der Waals surface area contributed by atoms with E-state index in [1.165, 1.54) is 6.39 Å². The van der Waals surface area contributed by atoms with E-state index in [4.69, 9.17) is 9.68 Å². The zero-order valence-corrected chi connectivity index (χ0v) is 10.3.